The van der Waals surface area contributed by atoms with Crippen molar-refractivity contribution in [3.8, 4) is 5.95 Å². The highest BCUT2D eigenvalue weighted by Crippen LogP contribution is 2.20. The van der Waals surface area contributed by atoms with Crippen molar-refractivity contribution in [2.24, 2.45) is 0 Å². The highest BCUT2D eigenvalue weighted by molar-refractivity contribution is 6.39. The standard InChI is InChI=1S/C20H22N6O2/c1-12-7-5-8-16(14(12)3)15(4)23-18(27)19(28)24-17-11-13(2)25-26(17)20-21-9-6-10-22-20/h5-11,15H,1-4H3,(H,23,27)(H,24,28)/t15-/m1/s1. The normalized spacial score (nSPS) is 11.7. The van der Waals surface area contributed by atoms with E-state index in [-0.39, 0.29) is 6.04 Å². The van der Waals surface area contributed by atoms with Crippen molar-refractivity contribution in [2.75, 3.05) is 5.32 Å². The molecule has 2 aromatic heterocycles. The van der Waals surface area contributed by atoms with E-state index in [2.05, 4.69) is 25.7 Å². The molecule has 2 heterocycles. The number of amides is 2. The fraction of sp³-hybridized carbons (Fsp3) is 0.250. The molecule has 0 aliphatic heterocycles. The topological polar surface area (TPSA) is 102 Å². The molecule has 1 atom stereocenters. The van der Waals surface area contributed by atoms with Crippen molar-refractivity contribution in [2.45, 2.75) is 33.7 Å². The van der Waals surface area contributed by atoms with Crippen LogP contribution in [0.4, 0.5) is 5.82 Å². The van der Waals surface area contributed by atoms with Crippen molar-refractivity contribution in [1.82, 2.24) is 25.1 Å². The van der Waals surface area contributed by atoms with Crippen LogP contribution in [0, 0.1) is 20.8 Å². The number of nitrogens with zero attached hydrogens (tertiary/aromatic N) is 4. The third kappa shape index (κ3) is 4.06. The molecule has 0 aliphatic carbocycles. The molecule has 0 radical (unpaired) electrons. The minimum absolute atomic E-state index is 0.301. The highest BCUT2D eigenvalue weighted by Gasteiger charge is 2.21. The van der Waals surface area contributed by atoms with Crippen LogP contribution in [0.25, 0.3) is 5.95 Å². The van der Waals surface area contributed by atoms with E-state index in [4.69, 9.17) is 0 Å². The van der Waals surface area contributed by atoms with Crippen molar-refractivity contribution >= 4 is 17.6 Å². The summed E-state index contributed by atoms with van der Waals surface area (Å²) in [6.45, 7) is 7.63. The maximum atomic E-state index is 12.4. The summed E-state index contributed by atoms with van der Waals surface area (Å²) in [5, 5.41) is 9.59. The van der Waals surface area contributed by atoms with Gasteiger partial charge in [-0.2, -0.15) is 9.78 Å². The van der Waals surface area contributed by atoms with E-state index in [9.17, 15) is 9.59 Å². The quantitative estimate of drug-likeness (QED) is 0.679. The van der Waals surface area contributed by atoms with Gasteiger partial charge in [0.05, 0.1) is 11.7 Å². The van der Waals surface area contributed by atoms with Gasteiger partial charge in [-0.15, -0.1) is 0 Å². The molecule has 0 unspecified atom stereocenters. The van der Waals surface area contributed by atoms with E-state index in [1.807, 2.05) is 39.0 Å². The first kappa shape index (κ1) is 19.2. The predicted molar refractivity (Wildman–Crippen MR) is 105 cm³/mol. The van der Waals surface area contributed by atoms with Gasteiger partial charge in [0.1, 0.15) is 5.82 Å². The van der Waals surface area contributed by atoms with Crippen LogP contribution in [0.5, 0.6) is 0 Å². The smallest absolute Gasteiger partial charge is 0.314 e. The third-order valence-corrected chi connectivity index (χ3v) is 4.48. The van der Waals surface area contributed by atoms with E-state index >= 15 is 0 Å². The summed E-state index contributed by atoms with van der Waals surface area (Å²) in [5.41, 5.74) is 3.85. The van der Waals surface area contributed by atoms with Crippen molar-refractivity contribution in [3.63, 3.8) is 0 Å². The maximum Gasteiger partial charge on any atom is 0.314 e. The van der Waals surface area contributed by atoms with Gasteiger partial charge >= 0.3 is 11.8 Å². The first-order chi connectivity index (χ1) is 13.4. The van der Waals surface area contributed by atoms with Crippen LogP contribution in [-0.2, 0) is 9.59 Å². The number of aryl methyl sites for hydroxylation is 2. The van der Waals surface area contributed by atoms with Crippen LogP contribution in [0.1, 0.15) is 35.3 Å². The first-order valence-corrected chi connectivity index (χ1v) is 8.89. The maximum absolute atomic E-state index is 12.4. The number of carbonyl (C=O) groups excluding carboxylic acids is 2. The van der Waals surface area contributed by atoms with Crippen LogP contribution in [0.15, 0.2) is 42.7 Å². The molecule has 8 heteroatoms. The van der Waals surface area contributed by atoms with Crippen molar-refractivity contribution < 1.29 is 9.59 Å². The molecule has 28 heavy (non-hydrogen) atoms. The predicted octanol–water partition coefficient (Wildman–Crippen LogP) is 2.40. The van der Waals surface area contributed by atoms with Gasteiger partial charge < -0.3 is 10.6 Å². The molecule has 8 nitrogen and oxygen atoms in total. The molecule has 144 valence electrons. The molecule has 2 amide bonds. The minimum atomic E-state index is -0.783. The van der Waals surface area contributed by atoms with Crippen LogP contribution >= 0.6 is 0 Å². The molecule has 0 aliphatic rings. The zero-order valence-corrected chi connectivity index (χ0v) is 16.2. The summed E-state index contributed by atoms with van der Waals surface area (Å²) in [7, 11) is 0. The van der Waals surface area contributed by atoms with Gasteiger partial charge in [0, 0.05) is 18.5 Å². The number of hydrogen-bond acceptors (Lipinski definition) is 5. The summed E-state index contributed by atoms with van der Waals surface area (Å²) in [5.74, 6) is -0.889. The number of hydrogen-bond donors (Lipinski definition) is 2. The molecule has 3 rings (SSSR count). The lowest BCUT2D eigenvalue weighted by molar-refractivity contribution is -0.136. The molecule has 0 bridgehead atoms. The Morgan fingerprint density at radius 2 is 1.75 bits per heavy atom. The Morgan fingerprint density at radius 3 is 2.46 bits per heavy atom. The third-order valence-electron chi connectivity index (χ3n) is 4.48. The Balaban J connectivity index is 1.73. The largest absolute Gasteiger partial charge is 0.341 e. The summed E-state index contributed by atoms with van der Waals surface area (Å²) in [6, 6.07) is 8.91. The molecule has 1 aromatic carbocycles. The number of anilines is 1. The number of benzene rings is 1. The molecule has 0 saturated carbocycles. The van der Waals surface area contributed by atoms with Gasteiger partial charge in [-0.05, 0) is 50.5 Å². The monoisotopic (exact) mass is 378 g/mol. The lowest BCUT2D eigenvalue weighted by Crippen LogP contribution is -2.37. The molecule has 0 saturated heterocycles. The fourth-order valence-electron chi connectivity index (χ4n) is 2.90. The first-order valence-electron chi connectivity index (χ1n) is 8.89. The van der Waals surface area contributed by atoms with Crippen LogP contribution in [0.2, 0.25) is 0 Å². The number of aromatic nitrogens is 4. The van der Waals surface area contributed by atoms with Gasteiger partial charge in [-0.1, -0.05) is 18.2 Å². The lowest BCUT2D eigenvalue weighted by atomic mass is 9.98. The fourth-order valence-corrected chi connectivity index (χ4v) is 2.90. The van der Waals surface area contributed by atoms with E-state index in [0.29, 0.717) is 17.5 Å². The second-order valence-electron chi connectivity index (χ2n) is 6.57. The van der Waals surface area contributed by atoms with Gasteiger partial charge in [0.15, 0.2) is 0 Å². The summed E-state index contributed by atoms with van der Waals surface area (Å²) in [4.78, 5) is 33.1. The van der Waals surface area contributed by atoms with E-state index < -0.39 is 11.8 Å². The molecule has 0 fully saturated rings. The lowest BCUT2D eigenvalue weighted by Gasteiger charge is -2.17. The van der Waals surface area contributed by atoms with Crippen LogP contribution in [-0.4, -0.2) is 31.6 Å². The SMILES string of the molecule is Cc1cc(NC(=O)C(=O)N[C@H](C)c2cccc(C)c2C)n(-c2ncccn2)n1. The van der Waals surface area contributed by atoms with Crippen LogP contribution in [0.3, 0.4) is 0 Å². The highest BCUT2D eigenvalue weighted by atomic mass is 16.2. The van der Waals surface area contributed by atoms with Crippen molar-refractivity contribution in [3.05, 3.63) is 65.1 Å². The minimum Gasteiger partial charge on any atom is -0.341 e. The van der Waals surface area contributed by atoms with Gasteiger partial charge in [0.25, 0.3) is 5.95 Å². The Morgan fingerprint density at radius 1 is 1.04 bits per heavy atom. The Kier molecular flexibility index (Phi) is 5.49. The van der Waals surface area contributed by atoms with Crippen LogP contribution < -0.4 is 10.6 Å². The average molecular weight is 378 g/mol. The Bertz CT molecular complexity index is 1010. The average Bonchev–Trinajstić information content (AvgIpc) is 3.04. The van der Waals surface area contributed by atoms with E-state index in [1.54, 1.807) is 31.5 Å². The van der Waals surface area contributed by atoms with E-state index in [1.165, 1.54) is 4.68 Å². The molecular formula is C20H22N6O2. The zero-order valence-electron chi connectivity index (χ0n) is 16.2. The van der Waals surface area contributed by atoms with E-state index in [0.717, 1.165) is 16.7 Å². The van der Waals surface area contributed by atoms with Gasteiger partial charge in [-0.25, -0.2) is 9.97 Å². The molecule has 0 spiro atoms. The molecule has 3 aromatic rings. The van der Waals surface area contributed by atoms with Gasteiger partial charge in [0.2, 0.25) is 0 Å². The summed E-state index contributed by atoms with van der Waals surface area (Å²) >= 11 is 0. The number of nitrogens with one attached hydrogen (secondary N) is 2. The summed E-state index contributed by atoms with van der Waals surface area (Å²) in [6.07, 6.45) is 3.15. The number of carbonyl (C=O) groups is 2. The molecular weight excluding hydrogens is 356 g/mol. The summed E-state index contributed by atoms with van der Waals surface area (Å²) < 4.78 is 1.38. The zero-order chi connectivity index (χ0) is 20.3. The Labute approximate surface area is 163 Å². The molecule has 2 N–H and O–H groups in total. The Hall–Kier alpha value is -3.55. The van der Waals surface area contributed by atoms with Crippen molar-refractivity contribution in [1.29, 1.82) is 0 Å². The van der Waals surface area contributed by atoms with Gasteiger partial charge in [-0.3, -0.25) is 9.59 Å². The second kappa shape index (κ2) is 7.99. The number of rotatable bonds is 4. The second-order valence-corrected chi connectivity index (χ2v) is 6.57.